The van der Waals surface area contributed by atoms with Gasteiger partial charge < -0.3 is 5.73 Å². The molecule has 0 atom stereocenters. The number of aryl methyl sites for hydroxylation is 1. The van der Waals surface area contributed by atoms with Crippen LogP contribution in [0.4, 0.5) is 19.0 Å². The van der Waals surface area contributed by atoms with E-state index in [2.05, 4.69) is 4.98 Å². The molecule has 0 spiro atoms. The van der Waals surface area contributed by atoms with E-state index in [1.165, 1.54) is 0 Å². The molecule has 0 aliphatic carbocycles. The lowest BCUT2D eigenvalue weighted by Gasteiger charge is -2.09. The molecule has 0 aliphatic heterocycles. The lowest BCUT2D eigenvalue weighted by Crippen LogP contribution is -2.06. The predicted octanol–water partition coefficient (Wildman–Crippen LogP) is 2.77. The number of hydrogen-bond acceptors (Lipinski definition) is 3. The summed E-state index contributed by atoms with van der Waals surface area (Å²) < 4.78 is 35.6. The average Bonchev–Trinajstić information content (AvgIpc) is 2.08. The molecule has 0 amide bonds. The van der Waals surface area contributed by atoms with Gasteiger partial charge in [-0.05, 0) is 30.5 Å². The minimum atomic E-state index is -4.18. The maximum Gasteiger partial charge on any atom is 0.441 e. The summed E-state index contributed by atoms with van der Waals surface area (Å²) in [6.07, 6.45) is 1.83. The van der Waals surface area contributed by atoms with Crippen LogP contribution < -0.4 is 5.73 Å². The highest BCUT2D eigenvalue weighted by molar-refractivity contribution is 8.00. The van der Waals surface area contributed by atoms with Crippen molar-refractivity contribution in [2.45, 2.75) is 18.9 Å². The molecule has 0 unspecified atom stereocenters. The fourth-order valence-electron chi connectivity index (χ4n) is 1.20. The van der Waals surface area contributed by atoms with E-state index < -0.39 is 5.51 Å². The third kappa shape index (κ3) is 3.99. The van der Waals surface area contributed by atoms with Gasteiger partial charge in [-0.2, -0.15) is 13.2 Å². The van der Waals surface area contributed by atoms with Crippen LogP contribution in [0.15, 0.2) is 12.3 Å². The van der Waals surface area contributed by atoms with Gasteiger partial charge in [0.15, 0.2) is 0 Å². The fraction of sp³-hybridized carbons (Fsp3) is 0.444. The van der Waals surface area contributed by atoms with E-state index in [9.17, 15) is 13.2 Å². The van der Waals surface area contributed by atoms with Crippen molar-refractivity contribution in [1.29, 1.82) is 0 Å². The van der Waals surface area contributed by atoms with Gasteiger partial charge in [0.2, 0.25) is 0 Å². The van der Waals surface area contributed by atoms with E-state index in [0.29, 0.717) is 11.4 Å². The van der Waals surface area contributed by atoms with Gasteiger partial charge in [0.25, 0.3) is 0 Å². The number of alkyl halides is 3. The highest BCUT2D eigenvalue weighted by Gasteiger charge is 2.27. The third-order valence-corrected chi connectivity index (χ3v) is 2.68. The molecule has 1 aromatic heterocycles. The van der Waals surface area contributed by atoms with Gasteiger partial charge in [0, 0.05) is 11.9 Å². The molecule has 15 heavy (non-hydrogen) atoms. The number of hydrogen-bond donors (Lipinski definition) is 1. The maximum atomic E-state index is 11.9. The van der Waals surface area contributed by atoms with E-state index >= 15 is 0 Å². The van der Waals surface area contributed by atoms with Gasteiger partial charge in [0.05, 0.1) is 0 Å². The van der Waals surface area contributed by atoms with E-state index in [0.717, 1.165) is 5.56 Å². The number of nitrogens with two attached hydrogens (primary N) is 1. The molecule has 2 nitrogen and oxygen atoms in total. The number of nitrogens with zero attached hydrogens (tertiary/aromatic N) is 1. The monoisotopic (exact) mass is 236 g/mol. The zero-order chi connectivity index (χ0) is 11.5. The van der Waals surface area contributed by atoms with Crippen LogP contribution in [-0.4, -0.2) is 16.2 Å². The Hall–Kier alpha value is -0.910. The van der Waals surface area contributed by atoms with Crippen LogP contribution in [0.1, 0.15) is 11.1 Å². The van der Waals surface area contributed by atoms with Gasteiger partial charge in [-0.3, -0.25) is 0 Å². The number of rotatable bonds is 3. The van der Waals surface area contributed by atoms with Crippen LogP contribution in [0.2, 0.25) is 0 Å². The zero-order valence-corrected chi connectivity index (χ0v) is 8.95. The minimum Gasteiger partial charge on any atom is -0.383 e. The first-order chi connectivity index (χ1) is 6.90. The summed E-state index contributed by atoms with van der Waals surface area (Å²) in [4.78, 5) is 3.84. The summed E-state index contributed by atoms with van der Waals surface area (Å²) in [5, 5.41) is 0. The fourth-order valence-corrected chi connectivity index (χ4v) is 1.74. The normalized spacial score (nSPS) is 11.7. The minimum absolute atomic E-state index is 0.0275. The molecule has 2 N–H and O–H groups in total. The summed E-state index contributed by atoms with van der Waals surface area (Å²) in [5.74, 6) is 0.290. The van der Waals surface area contributed by atoms with Gasteiger partial charge in [-0.25, -0.2) is 4.98 Å². The van der Waals surface area contributed by atoms with E-state index in [-0.39, 0.29) is 23.9 Å². The van der Waals surface area contributed by atoms with Crippen LogP contribution in [0.5, 0.6) is 0 Å². The Morgan fingerprint density at radius 2 is 2.13 bits per heavy atom. The summed E-state index contributed by atoms with van der Waals surface area (Å²) in [6, 6.07) is 1.74. The van der Waals surface area contributed by atoms with Crippen molar-refractivity contribution in [3.63, 3.8) is 0 Å². The van der Waals surface area contributed by atoms with Crippen molar-refractivity contribution in [2.24, 2.45) is 0 Å². The summed E-state index contributed by atoms with van der Waals surface area (Å²) in [5.41, 5.74) is 2.98. The molecular formula is C9H11F3N2S. The van der Waals surface area contributed by atoms with Gasteiger partial charge >= 0.3 is 5.51 Å². The lowest BCUT2D eigenvalue weighted by molar-refractivity contribution is -0.0327. The second-order valence-corrected chi connectivity index (χ2v) is 4.20. The first-order valence-corrected chi connectivity index (χ1v) is 5.29. The Morgan fingerprint density at radius 3 is 2.67 bits per heavy atom. The first-order valence-electron chi connectivity index (χ1n) is 4.31. The molecule has 0 fully saturated rings. The molecule has 1 rings (SSSR count). The number of halogens is 3. The van der Waals surface area contributed by atoms with Gasteiger partial charge in [-0.15, -0.1) is 0 Å². The first kappa shape index (κ1) is 12.2. The smallest absolute Gasteiger partial charge is 0.383 e. The zero-order valence-electron chi connectivity index (χ0n) is 8.14. The molecule has 6 heteroatoms. The van der Waals surface area contributed by atoms with Crippen molar-refractivity contribution < 1.29 is 13.2 Å². The third-order valence-electron chi connectivity index (χ3n) is 1.94. The molecule has 0 radical (unpaired) electrons. The summed E-state index contributed by atoms with van der Waals surface area (Å²) in [6.45, 7) is 1.81. The summed E-state index contributed by atoms with van der Waals surface area (Å²) >= 11 is -0.0375. The van der Waals surface area contributed by atoms with Crippen molar-refractivity contribution in [2.75, 3.05) is 11.5 Å². The molecule has 1 heterocycles. The average molecular weight is 236 g/mol. The van der Waals surface area contributed by atoms with Gasteiger partial charge in [-0.1, -0.05) is 11.8 Å². The van der Waals surface area contributed by atoms with Crippen LogP contribution in [0.25, 0.3) is 0 Å². The second-order valence-electron chi connectivity index (χ2n) is 3.04. The molecule has 0 aromatic carbocycles. The van der Waals surface area contributed by atoms with Crippen LogP contribution in [0, 0.1) is 6.92 Å². The Labute approximate surface area is 90.1 Å². The number of pyridine rings is 1. The lowest BCUT2D eigenvalue weighted by atomic mass is 10.1. The molecule has 1 aromatic rings. The molecule has 0 saturated heterocycles. The number of nitrogen functional groups attached to an aromatic ring is 1. The summed E-state index contributed by atoms with van der Waals surface area (Å²) in [7, 11) is 0. The van der Waals surface area contributed by atoms with Crippen LogP contribution in [-0.2, 0) is 6.42 Å². The predicted molar refractivity (Wildman–Crippen MR) is 55.6 cm³/mol. The highest BCUT2D eigenvalue weighted by Crippen LogP contribution is 2.31. The van der Waals surface area contributed by atoms with Crippen molar-refractivity contribution >= 4 is 17.6 Å². The number of thioether (sulfide) groups is 1. The van der Waals surface area contributed by atoms with Crippen LogP contribution in [0.3, 0.4) is 0 Å². The van der Waals surface area contributed by atoms with Crippen molar-refractivity contribution in [3.05, 3.63) is 23.4 Å². The largest absolute Gasteiger partial charge is 0.441 e. The van der Waals surface area contributed by atoms with E-state index in [1.54, 1.807) is 12.3 Å². The maximum absolute atomic E-state index is 11.9. The molecule has 0 saturated carbocycles. The Balaban J connectivity index is 2.58. The topological polar surface area (TPSA) is 38.9 Å². The quantitative estimate of drug-likeness (QED) is 0.877. The van der Waals surface area contributed by atoms with E-state index in [1.807, 2.05) is 6.92 Å². The Morgan fingerprint density at radius 1 is 1.47 bits per heavy atom. The molecule has 0 aliphatic rings. The number of anilines is 1. The Kier molecular flexibility index (Phi) is 3.84. The Bertz CT molecular complexity index is 318. The molecule has 84 valence electrons. The van der Waals surface area contributed by atoms with Gasteiger partial charge in [0.1, 0.15) is 5.82 Å². The van der Waals surface area contributed by atoms with E-state index in [4.69, 9.17) is 5.73 Å². The number of aromatic nitrogens is 1. The molecule has 0 bridgehead atoms. The standard InChI is InChI=1S/C9H11F3N2S/c1-6-2-4-14-8(13)7(6)3-5-15-9(10,11)12/h2,4H,3,5H2,1H3,(H2,13,14). The SMILES string of the molecule is Cc1ccnc(N)c1CCSC(F)(F)F. The molecular weight excluding hydrogens is 225 g/mol. The van der Waals surface area contributed by atoms with Crippen molar-refractivity contribution in [1.82, 2.24) is 4.98 Å². The van der Waals surface area contributed by atoms with Crippen LogP contribution >= 0.6 is 11.8 Å². The highest BCUT2D eigenvalue weighted by atomic mass is 32.2. The van der Waals surface area contributed by atoms with Crippen molar-refractivity contribution in [3.8, 4) is 0 Å². The second kappa shape index (κ2) is 4.74.